The van der Waals surface area contributed by atoms with Crippen LogP contribution in [0.2, 0.25) is 10.1 Å². The molecule has 0 aromatic carbocycles. The summed E-state index contributed by atoms with van der Waals surface area (Å²) in [7, 11) is -2.67. The van der Waals surface area contributed by atoms with Crippen LogP contribution in [-0.2, 0) is 23.1 Å². The van der Waals surface area contributed by atoms with Gasteiger partial charge in [-0.15, -0.1) is 0 Å². The van der Waals surface area contributed by atoms with Gasteiger partial charge >= 0.3 is 14.5 Å². The number of aliphatic hydroxyl groups excluding tert-OH is 1. The van der Waals surface area contributed by atoms with Crippen LogP contribution in [0, 0.1) is 5.92 Å². The van der Waals surface area contributed by atoms with Crippen molar-refractivity contribution in [2.24, 2.45) is 5.92 Å². The van der Waals surface area contributed by atoms with E-state index in [4.69, 9.17) is 18.3 Å². The molecule has 0 bridgehead atoms. The summed E-state index contributed by atoms with van der Waals surface area (Å²) >= 11 is 0. The monoisotopic (exact) mass is 360 g/mol. The Morgan fingerprint density at radius 3 is 2.17 bits per heavy atom. The lowest BCUT2D eigenvalue weighted by atomic mass is 9.92. The predicted molar refractivity (Wildman–Crippen MR) is 91.6 cm³/mol. The molecule has 0 saturated carbocycles. The number of ether oxygens (including phenoxy) is 2. The van der Waals surface area contributed by atoms with Gasteiger partial charge in [0, 0.05) is 22.9 Å². The summed E-state index contributed by atoms with van der Waals surface area (Å²) in [6.07, 6.45) is -2.45. The fraction of sp³-hybridized carbons (Fsp3) is 0.941. The minimum atomic E-state index is -2.67. The molecule has 5 atom stereocenters. The Kier molecular flexibility index (Phi) is 5.26. The Morgan fingerprint density at radius 2 is 1.71 bits per heavy atom. The van der Waals surface area contributed by atoms with Crippen molar-refractivity contribution >= 4 is 14.5 Å². The number of fused-ring (bicyclic) bond motifs is 1. The van der Waals surface area contributed by atoms with Crippen LogP contribution < -0.4 is 0 Å². The molecule has 7 heteroatoms. The third-order valence-electron chi connectivity index (χ3n) is 4.99. The van der Waals surface area contributed by atoms with E-state index >= 15 is 0 Å². The first-order valence-electron chi connectivity index (χ1n) is 8.63. The first-order chi connectivity index (χ1) is 10.8. The van der Waals surface area contributed by atoms with E-state index in [9.17, 15) is 9.90 Å². The van der Waals surface area contributed by atoms with E-state index in [-0.39, 0.29) is 16.0 Å². The van der Waals surface area contributed by atoms with Gasteiger partial charge in [-0.25, -0.2) is 0 Å². The van der Waals surface area contributed by atoms with E-state index in [1.165, 1.54) is 6.92 Å². The average molecular weight is 361 g/mol. The van der Waals surface area contributed by atoms with Crippen LogP contribution in [-0.4, -0.2) is 50.8 Å². The maximum Gasteiger partial charge on any atom is 0.349 e. The highest BCUT2D eigenvalue weighted by Crippen LogP contribution is 2.55. The molecule has 2 aliphatic rings. The number of hydrogen-bond donors (Lipinski definition) is 1. The number of esters is 1. The van der Waals surface area contributed by atoms with Crippen LogP contribution in [0.4, 0.5) is 0 Å². The SMILES string of the molecule is CC(=O)O[C@@H]1OC2CO[Si](C(C)(C)C)(C(C)(C)C)O[C@H]2[C@H](O)C1C. The minimum absolute atomic E-state index is 0.161. The zero-order valence-corrected chi connectivity index (χ0v) is 17.1. The first-order valence-corrected chi connectivity index (χ1v) is 10.4. The van der Waals surface area contributed by atoms with Crippen molar-refractivity contribution in [1.82, 2.24) is 0 Å². The lowest BCUT2D eigenvalue weighted by molar-refractivity contribution is -0.283. The van der Waals surface area contributed by atoms with Crippen molar-refractivity contribution in [3.63, 3.8) is 0 Å². The van der Waals surface area contributed by atoms with Gasteiger partial charge in [-0.05, 0) is 0 Å². The van der Waals surface area contributed by atoms with E-state index in [1.807, 2.05) is 6.92 Å². The standard InChI is InChI=1S/C17H32O6Si/c1-10-13(19)14-12(22-15(10)21-11(2)18)9-20-24(23-14,16(3,4)5)17(6,7)8/h10,12-15,19H,9H2,1-8H3/t10?,12?,13-,14-,15-/m1/s1. The molecule has 2 heterocycles. The summed E-state index contributed by atoms with van der Waals surface area (Å²) in [5, 5.41) is 10.5. The highest BCUT2D eigenvalue weighted by Gasteiger charge is 2.64. The van der Waals surface area contributed by atoms with E-state index < -0.39 is 39.1 Å². The quantitative estimate of drug-likeness (QED) is 0.572. The normalized spacial score (nSPS) is 36.8. The van der Waals surface area contributed by atoms with Gasteiger partial charge < -0.3 is 23.4 Å². The molecule has 1 N–H and O–H groups in total. The second kappa shape index (κ2) is 6.36. The van der Waals surface area contributed by atoms with Crippen LogP contribution >= 0.6 is 0 Å². The smallest absolute Gasteiger partial charge is 0.349 e. The number of carbonyl (C=O) groups excluding carboxylic acids is 1. The fourth-order valence-electron chi connectivity index (χ4n) is 3.97. The summed E-state index contributed by atoms with van der Waals surface area (Å²) in [6, 6.07) is 0. The van der Waals surface area contributed by atoms with Crippen LogP contribution in [0.3, 0.4) is 0 Å². The molecule has 2 unspecified atom stereocenters. The summed E-state index contributed by atoms with van der Waals surface area (Å²) in [6.45, 7) is 16.3. The first kappa shape index (κ1) is 19.8. The molecular weight excluding hydrogens is 328 g/mol. The van der Waals surface area contributed by atoms with Gasteiger partial charge in [0.25, 0.3) is 0 Å². The van der Waals surface area contributed by atoms with E-state index in [0.29, 0.717) is 6.61 Å². The zero-order chi connectivity index (χ0) is 18.5. The minimum Gasteiger partial charge on any atom is -0.436 e. The Balaban J connectivity index is 2.29. The Bertz CT molecular complexity index is 464. The summed E-state index contributed by atoms with van der Waals surface area (Å²) in [4.78, 5) is 11.3. The maximum absolute atomic E-state index is 11.3. The second-order valence-electron chi connectivity index (χ2n) is 9.01. The van der Waals surface area contributed by atoms with Gasteiger partial charge in [0.05, 0.1) is 12.7 Å². The van der Waals surface area contributed by atoms with Gasteiger partial charge in [0.2, 0.25) is 6.29 Å². The lowest BCUT2D eigenvalue weighted by Crippen LogP contribution is -2.70. The summed E-state index contributed by atoms with van der Waals surface area (Å²) < 4.78 is 23.9. The average Bonchev–Trinajstić information content (AvgIpc) is 2.41. The molecule has 2 rings (SSSR count). The molecule has 140 valence electrons. The number of hydrogen-bond acceptors (Lipinski definition) is 6. The van der Waals surface area contributed by atoms with E-state index in [0.717, 1.165) is 0 Å². The number of aliphatic hydroxyl groups is 1. The lowest BCUT2D eigenvalue weighted by Gasteiger charge is -2.57. The van der Waals surface area contributed by atoms with Crippen molar-refractivity contribution in [2.75, 3.05) is 6.61 Å². The topological polar surface area (TPSA) is 74.2 Å². The molecule has 2 aliphatic heterocycles. The molecular formula is C17H32O6Si. The van der Waals surface area contributed by atoms with E-state index in [1.54, 1.807) is 0 Å². The van der Waals surface area contributed by atoms with E-state index in [2.05, 4.69) is 41.5 Å². The van der Waals surface area contributed by atoms with Gasteiger partial charge in [-0.2, -0.15) is 0 Å². The largest absolute Gasteiger partial charge is 0.436 e. The number of carbonyl (C=O) groups is 1. The molecule has 0 aliphatic carbocycles. The van der Waals surface area contributed by atoms with Crippen molar-refractivity contribution in [2.45, 2.75) is 90.1 Å². The number of rotatable bonds is 1. The van der Waals surface area contributed by atoms with Gasteiger partial charge in [0.15, 0.2) is 0 Å². The van der Waals surface area contributed by atoms with Gasteiger partial charge in [-0.3, -0.25) is 4.79 Å². The molecule has 0 aromatic rings. The molecule has 24 heavy (non-hydrogen) atoms. The fourth-order valence-corrected chi connectivity index (χ4v) is 8.93. The van der Waals surface area contributed by atoms with Gasteiger partial charge in [0.1, 0.15) is 12.2 Å². The van der Waals surface area contributed by atoms with Gasteiger partial charge in [-0.1, -0.05) is 48.5 Å². The molecule has 2 saturated heterocycles. The van der Waals surface area contributed by atoms with Crippen LogP contribution in [0.1, 0.15) is 55.4 Å². The maximum atomic E-state index is 11.3. The third-order valence-corrected chi connectivity index (χ3v) is 10.1. The molecule has 6 nitrogen and oxygen atoms in total. The summed E-state index contributed by atoms with van der Waals surface area (Å²) in [5.41, 5.74) is 0. The molecule has 0 radical (unpaired) electrons. The molecule has 0 spiro atoms. The highest BCUT2D eigenvalue weighted by atomic mass is 28.4. The highest BCUT2D eigenvalue weighted by molar-refractivity contribution is 6.73. The summed E-state index contributed by atoms with van der Waals surface area (Å²) in [5.74, 6) is -0.789. The van der Waals surface area contributed by atoms with Crippen molar-refractivity contribution < 1.29 is 28.2 Å². The zero-order valence-electron chi connectivity index (χ0n) is 16.1. The Morgan fingerprint density at radius 1 is 1.17 bits per heavy atom. The van der Waals surface area contributed by atoms with Crippen molar-refractivity contribution in [1.29, 1.82) is 0 Å². The Hall–Kier alpha value is -0.473. The predicted octanol–water partition coefficient (Wildman–Crippen LogP) is 2.73. The van der Waals surface area contributed by atoms with Crippen LogP contribution in [0.5, 0.6) is 0 Å². The molecule has 0 amide bonds. The van der Waals surface area contributed by atoms with Crippen molar-refractivity contribution in [3.8, 4) is 0 Å². The Labute approximate surface area is 146 Å². The molecule has 2 fully saturated rings. The van der Waals surface area contributed by atoms with Crippen LogP contribution in [0.25, 0.3) is 0 Å². The molecule has 0 aromatic heterocycles. The third kappa shape index (κ3) is 3.29. The van der Waals surface area contributed by atoms with Crippen molar-refractivity contribution in [3.05, 3.63) is 0 Å². The van der Waals surface area contributed by atoms with Crippen LogP contribution in [0.15, 0.2) is 0 Å². The second-order valence-corrected chi connectivity index (χ2v) is 13.8.